The van der Waals surface area contributed by atoms with E-state index in [-0.39, 0.29) is 35.9 Å². The molecule has 10 heteroatoms. The summed E-state index contributed by atoms with van der Waals surface area (Å²) < 4.78 is 38.6. The molecule has 0 saturated carbocycles. The minimum absolute atomic E-state index is 0.0474. The van der Waals surface area contributed by atoms with Crippen LogP contribution in [0.2, 0.25) is 0 Å². The van der Waals surface area contributed by atoms with Gasteiger partial charge in [-0.1, -0.05) is 24.3 Å². The Labute approximate surface area is 193 Å². The molecule has 34 heavy (non-hydrogen) atoms. The molecule has 8 nitrogen and oxygen atoms in total. The molecule has 3 aromatic rings. The van der Waals surface area contributed by atoms with E-state index in [0.29, 0.717) is 11.1 Å². The van der Waals surface area contributed by atoms with E-state index in [1.807, 2.05) is 0 Å². The zero-order chi connectivity index (χ0) is 24.4. The van der Waals surface area contributed by atoms with E-state index in [2.05, 4.69) is 9.97 Å². The van der Waals surface area contributed by atoms with Crippen molar-refractivity contribution in [1.29, 1.82) is 0 Å². The predicted octanol–water partition coefficient (Wildman–Crippen LogP) is 3.87. The Hall–Kier alpha value is -4.08. The summed E-state index contributed by atoms with van der Waals surface area (Å²) in [5.41, 5.74) is 1.37. The number of hydrogen-bond donors (Lipinski definition) is 1. The van der Waals surface area contributed by atoms with Gasteiger partial charge in [-0.05, 0) is 36.6 Å². The topological polar surface area (TPSA) is 102 Å². The number of hydrogen-bond acceptors (Lipinski definition) is 6. The first-order valence-corrected chi connectivity index (χ1v) is 10.4. The second-order valence-corrected chi connectivity index (χ2v) is 7.66. The van der Waals surface area contributed by atoms with Crippen molar-refractivity contribution in [2.24, 2.45) is 0 Å². The fraction of sp³-hybridized carbons (Fsp3) is 0.250. The van der Waals surface area contributed by atoms with Gasteiger partial charge in [0.2, 0.25) is 5.88 Å². The minimum Gasteiger partial charge on any atom is -0.480 e. The number of aromatic nitrogens is 2. The molecule has 4 rings (SSSR count). The third-order valence-corrected chi connectivity index (χ3v) is 5.80. The Morgan fingerprint density at radius 2 is 1.79 bits per heavy atom. The third-order valence-electron chi connectivity index (χ3n) is 5.80. The van der Waals surface area contributed by atoms with Gasteiger partial charge in [0.05, 0.1) is 25.8 Å². The van der Waals surface area contributed by atoms with Crippen molar-refractivity contribution < 1.29 is 33.0 Å². The van der Waals surface area contributed by atoms with Crippen molar-refractivity contribution in [1.82, 2.24) is 14.9 Å². The molecule has 176 valence electrons. The molecule has 0 radical (unpaired) electrons. The van der Waals surface area contributed by atoms with Crippen molar-refractivity contribution >= 4 is 11.9 Å². The summed E-state index contributed by atoms with van der Waals surface area (Å²) in [5, 5.41) is 9.66. The summed E-state index contributed by atoms with van der Waals surface area (Å²) in [7, 11) is 2.88. The van der Waals surface area contributed by atoms with Crippen molar-refractivity contribution in [3.05, 3.63) is 71.4 Å². The molecule has 1 N–H and O–H groups in total. The number of halogens is 2. The maximum absolute atomic E-state index is 14.5. The van der Waals surface area contributed by atoms with Crippen LogP contribution in [0.3, 0.4) is 0 Å². The number of amides is 1. The van der Waals surface area contributed by atoms with Crippen LogP contribution < -0.4 is 9.47 Å². The lowest BCUT2D eigenvalue weighted by molar-refractivity contribution is -0.141. The predicted molar refractivity (Wildman–Crippen MR) is 116 cm³/mol. The SMILES string of the molecule is COc1ncc(-c2ccc(C(=O)N3[C@@H](c4cccc(F)c4F)CC[C@H]3C(=O)O)cc2)c(OC)n1. The monoisotopic (exact) mass is 469 g/mol. The van der Waals surface area contributed by atoms with Gasteiger partial charge in [-0.2, -0.15) is 4.98 Å². The highest BCUT2D eigenvalue weighted by molar-refractivity contribution is 5.97. The Bertz CT molecular complexity index is 1240. The van der Waals surface area contributed by atoms with Crippen LogP contribution in [0.15, 0.2) is 48.7 Å². The van der Waals surface area contributed by atoms with E-state index in [0.717, 1.165) is 11.0 Å². The lowest BCUT2D eigenvalue weighted by Gasteiger charge is -2.29. The molecule has 1 saturated heterocycles. The van der Waals surface area contributed by atoms with Crippen LogP contribution in [0.1, 0.15) is 34.8 Å². The molecule has 0 unspecified atom stereocenters. The zero-order valence-electron chi connectivity index (χ0n) is 18.4. The van der Waals surface area contributed by atoms with Gasteiger partial charge in [0.1, 0.15) is 6.04 Å². The fourth-order valence-electron chi connectivity index (χ4n) is 4.16. The van der Waals surface area contributed by atoms with E-state index in [1.165, 1.54) is 44.7 Å². The molecule has 1 aliphatic heterocycles. The van der Waals surface area contributed by atoms with Crippen molar-refractivity contribution in [3.63, 3.8) is 0 Å². The second-order valence-electron chi connectivity index (χ2n) is 7.66. The quantitative estimate of drug-likeness (QED) is 0.585. The molecular weight excluding hydrogens is 448 g/mol. The first kappa shape index (κ1) is 23.1. The maximum atomic E-state index is 14.5. The van der Waals surface area contributed by atoms with Crippen LogP contribution >= 0.6 is 0 Å². The van der Waals surface area contributed by atoms with Crippen LogP contribution in [-0.2, 0) is 4.79 Å². The number of methoxy groups -OCH3 is 2. The Morgan fingerprint density at radius 1 is 1.06 bits per heavy atom. The Kier molecular flexibility index (Phi) is 6.40. The molecule has 0 bridgehead atoms. The number of nitrogens with zero attached hydrogens (tertiary/aromatic N) is 3. The van der Waals surface area contributed by atoms with Crippen LogP contribution in [0.25, 0.3) is 11.1 Å². The van der Waals surface area contributed by atoms with Crippen LogP contribution in [-0.4, -0.2) is 52.1 Å². The average Bonchev–Trinajstić information content (AvgIpc) is 3.30. The molecule has 2 atom stereocenters. The van der Waals surface area contributed by atoms with Gasteiger partial charge in [-0.3, -0.25) is 4.79 Å². The second kappa shape index (κ2) is 9.42. The van der Waals surface area contributed by atoms with Gasteiger partial charge in [0.15, 0.2) is 11.6 Å². The van der Waals surface area contributed by atoms with E-state index in [4.69, 9.17) is 9.47 Å². The Morgan fingerprint density at radius 3 is 2.44 bits per heavy atom. The molecule has 2 heterocycles. The first-order chi connectivity index (χ1) is 16.3. The van der Waals surface area contributed by atoms with Crippen LogP contribution in [0.4, 0.5) is 8.78 Å². The summed E-state index contributed by atoms with van der Waals surface area (Å²) in [5.74, 6) is -3.66. The highest BCUT2D eigenvalue weighted by atomic mass is 19.2. The molecule has 0 spiro atoms. The lowest BCUT2D eigenvalue weighted by Crippen LogP contribution is -2.42. The number of rotatable bonds is 6. The summed E-state index contributed by atoms with van der Waals surface area (Å²) in [4.78, 5) is 34.5. The van der Waals surface area contributed by atoms with Gasteiger partial charge in [0.25, 0.3) is 5.91 Å². The summed E-state index contributed by atoms with van der Waals surface area (Å²) >= 11 is 0. The smallest absolute Gasteiger partial charge is 0.326 e. The summed E-state index contributed by atoms with van der Waals surface area (Å²) in [6.45, 7) is 0. The summed E-state index contributed by atoms with van der Waals surface area (Å²) in [6, 6.07) is 8.09. The van der Waals surface area contributed by atoms with E-state index >= 15 is 0 Å². The molecule has 0 aliphatic carbocycles. The first-order valence-electron chi connectivity index (χ1n) is 10.4. The standard InChI is InChI=1S/C24H21F2N3O5/c1-33-21-16(12-27-24(28-21)34-2)13-6-8-14(9-7-13)22(30)29-18(10-11-19(29)23(31)32)15-4-3-5-17(25)20(15)26/h3-9,12,18-19H,10-11H2,1-2H3,(H,31,32)/t18-,19+/m1/s1. The third kappa shape index (κ3) is 4.14. The fourth-order valence-corrected chi connectivity index (χ4v) is 4.16. The van der Waals surface area contributed by atoms with Gasteiger partial charge >= 0.3 is 12.0 Å². The van der Waals surface area contributed by atoms with Crippen molar-refractivity contribution in [2.45, 2.75) is 24.9 Å². The molecule has 1 aliphatic rings. The van der Waals surface area contributed by atoms with Crippen molar-refractivity contribution in [3.8, 4) is 23.0 Å². The van der Waals surface area contributed by atoms with E-state index in [9.17, 15) is 23.5 Å². The average molecular weight is 469 g/mol. The van der Waals surface area contributed by atoms with Gasteiger partial charge < -0.3 is 19.5 Å². The lowest BCUT2D eigenvalue weighted by atomic mass is 10.0. The number of carbonyl (C=O) groups excluding carboxylic acids is 1. The largest absolute Gasteiger partial charge is 0.480 e. The number of aliphatic carboxylic acids is 1. The molecular formula is C24H21F2N3O5. The Balaban J connectivity index is 1.67. The van der Waals surface area contributed by atoms with Crippen LogP contribution in [0, 0.1) is 11.6 Å². The highest BCUT2D eigenvalue weighted by Gasteiger charge is 2.43. The normalized spacial score (nSPS) is 17.5. The van der Waals surface area contributed by atoms with Gasteiger partial charge in [-0.25, -0.2) is 18.6 Å². The number of carboxylic acid groups (broad SMARTS) is 1. The number of benzene rings is 2. The van der Waals surface area contributed by atoms with Gasteiger partial charge in [-0.15, -0.1) is 0 Å². The number of carbonyl (C=O) groups is 2. The van der Waals surface area contributed by atoms with Crippen molar-refractivity contribution in [2.75, 3.05) is 14.2 Å². The molecule has 2 aromatic carbocycles. The summed E-state index contributed by atoms with van der Waals surface area (Å²) in [6.07, 6.45) is 1.84. The molecule has 1 amide bonds. The van der Waals surface area contributed by atoms with Gasteiger partial charge in [0, 0.05) is 17.3 Å². The number of ether oxygens (including phenoxy) is 2. The van der Waals surface area contributed by atoms with Crippen LogP contribution in [0.5, 0.6) is 11.9 Å². The maximum Gasteiger partial charge on any atom is 0.326 e. The number of likely N-dealkylation sites (tertiary alicyclic amines) is 1. The molecule has 1 fully saturated rings. The number of carboxylic acids is 1. The van der Waals surface area contributed by atoms with E-state index < -0.39 is 35.6 Å². The zero-order valence-corrected chi connectivity index (χ0v) is 18.4. The van der Waals surface area contributed by atoms with E-state index in [1.54, 1.807) is 12.1 Å². The minimum atomic E-state index is -1.20. The molecule has 1 aromatic heterocycles. The highest BCUT2D eigenvalue weighted by Crippen LogP contribution is 2.39.